The monoisotopic (exact) mass is 467 g/mol. The van der Waals surface area contributed by atoms with Gasteiger partial charge in [0.15, 0.2) is 0 Å². The summed E-state index contributed by atoms with van der Waals surface area (Å²) in [4.78, 5) is 33.5. The first-order chi connectivity index (χ1) is 13.3. The van der Waals surface area contributed by atoms with Crippen LogP contribution in [-0.4, -0.2) is 34.2 Å². The van der Waals surface area contributed by atoms with Crippen molar-refractivity contribution in [2.24, 2.45) is 0 Å². The van der Waals surface area contributed by atoms with Crippen LogP contribution in [0.5, 0.6) is 0 Å². The van der Waals surface area contributed by atoms with E-state index in [4.69, 9.17) is 11.6 Å². The van der Waals surface area contributed by atoms with E-state index in [1.54, 1.807) is 4.98 Å². The summed E-state index contributed by atoms with van der Waals surface area (Å²) in [5.41, 5.74) is -3.50. The van der Waals surface area contributed by atoms with Crippen LogP contribution in [0, 0.1) is 0 Å². The first kappa shape index (κ1) is 21.0. The zero-order chi connectivity index (χ0) is 21.6. The smallest absolute Gasteiger partial charge is 0.303 e. The van der Waals surface area contributed by atoms with Gasteiger partial charge in [0.2, 0.25) is 15.2 Å². The van der Waals surface area contributed by atoms with Gasteiger partial charge in [-0.2, -0.15) is 13.2 Å². The predicted octanol–water partition coefficient (Wildman–Crippen LogP) is 2.09. The molecule has 9 nitrogen and oxygen atoms in total. The van der Waals surface area contributed by atoms with Crippen molar-refractivity contribution < 1.29 is 21.6 Å². The number of aromatic nitrogens is 4. The van der Waals surface area contributed by atoms with Crippen LogP contribution in [0.25, 0.3) is 16.4 Å². The number of anilines is 1. The molecule has 0 aliphatic carbocycles. The van der Waals surface area contributed by atoms with Crippen LogP contribution < -0.4 is 16.0 Å². The highest BCUT2D eigenvalue weighted by Crippen LogP contribution is 2.28. The van der Waals surface area contributed by atoms with Gasteiger partial charge < -0.3 is 4.98 Å². The molecule has 0 spiro atoms. The maximum absolute atomic E-state index is 12.7. The number of hydrogen-bond donors (Lipinski definition) is 2. The summed E-state index contributed by atoms with van der Waals surface area (Å²) in [5, 5.41) is 1.16. The molecule has 3 aromatic heterocycles. The van der Waals surface area contributed by atoms with E-state index in [0.717, 1.165) is 17.6 Å². The van der Waals surface area contributed by atoms with Crippen LogP contribution in [0.2, 0.25) is 5.15 Å². The molecule has 0 atom stereocenters. The van der Waals surface area contributed by atoms with Gasteiger partial charge in [0.25, 0.3) is 5.56 Å². The molecule has 0 saturated heterocycles. The molecule has 0 saturated carbocycles. The van der Waals surface area contributed by atoms with Crippen molar-refractivity contribution in [2.45, 2.75) is 6.18 Å². The molecule has 0 unspecified atom stereocenters. The first-order valence-electron chi connectivity index (χ1n) is 7.39. The van der Waals surface area contributed by atoms with E-state index in [2.05, 4.69) is 14.7 Å². The average molecular weight is 468 g/mol. The number of H-pyrrole nitrogens is 1. The molecular formula is C14H9ClF3N5O4S2. The fourth-order valence-corrected chi connectivity index (χ4v) is 3.74. The number of rotatable bonds is 4. The summed E-state index contributed by atoms with van der Waals surface area (Å²) in [7, 11) is -3.63. The summed E-state index contributed by atoms with van der Waals surface area (Å²) in [5.74, 6) is -0.0888. The first-order valence-corrected chi connectivity index (χ1v) is 10.5. The fourth-order valence-electron chi connectivity index (χ4n) is 2.22. The molecule has 0 aliphatic heterocycles. The van der Waals surface area contributed by atoms with Crippen LogP contribution in [0.15, 0.2) is 33.2 Å². The predicted molar refractivity (Wildman–Crippen MR) is 100 cm³/mol. The minimum Gasteiger partial charge on any atom is -0.303 e. The Morgan fingerprint density at radius 3 is 2.48 bits per heavy atom. The Balaban J connectivity index is 2.05. The van der Waals surface area contributed by atoms with Crippen molar-refractivity contribution in [1.82, 2.24) is 19.5 Å². The molecule has 0 aliphatic rings. The van der Waals surface area contributed by atoms with Crippen LogP contribution in [0.4, 0.5) is 19.0 Å². The molecule has 3 rings (SSSR count). The van der Waals surface area contributed by atoms with E-state index in [0.29, 0.717) is 10.1 Å². The summed E-state index contributed by atoms with van der Waals surface area (Å²) in [6, 6.07) is 2.92. The zero-order valence-corrected chi connectivity index (χ0v) is 16.5. The molecule has 15 heteroatoms. The highest BCUT2D eigenvalue weighted by Gasteiger charge is 2.33. The number of thiazole rings is 1. The third-order valence-corrected chi connectivity index (χ3v) is 4.90. The molecule has 3 aromatic rings. The number of sulfonamides is 1. The van der Waals surface area contributed by atoms with E-state index in [9.17, 15) is 31.2 Å². The minimum absolute atomic E-state index is 0.0623. The topological polar surface area (TPSA) is 127 Å². The molecule has 0 bridgehead atoms. The van der Waals surface area contributed by atoms with Crippen molar-refractivity contribution in [3.05, 3.63) is 55.3 Å². The number of nitrogens with zero attached hydrogens (tertiary/aromatic N) is 3. The molecule has 0 amide bonds. The molecule has 0 radical (unpaired) electrons. The Labute approximate surface area is 168 Å². The van der Waals surface area contributed by atoms with E-state index < -0.39 is 33.1 Å². The largest absolute Gasteiger partial charge is 0.431 e. The van der Waals surface area contributed by atoms with Crippen LogP contribution >= 0.6 is 22.9 Å². The van der Waals surface area contributed by atoms with Gasteiger partial charge in [-0.25, -0.2) is 27.7 Å². The van der Waals surface area contributed by atoms with Gasteiger partial charge in [-0.1, -0.05) is 11.6 Å². The van der Waals surface area contributed by atoms with Gasteiger partial charge in [-0.15, -0.1) is 11.3 Å². The Morgan fingerprint density at radius 2 is 1.90 bits per heavy atom. The molecule has 0 fully saturated rings. The molecule has 154 valence electrons. The lowest BCUT2D eigenvalue weighted by molar-refractivity contribution is -0.141. The number of nitrogens with one attached hydrogen (secondary N) is 2. The van der Waals surface area contributed by atoms with E-state index >= 15 is 0 Å². The Hall–Kier alpha value is -2.71. The number of aromatic amines is 1. The van der Waals surface area contributed by atoms with E-state index in [-0.39, 0.29) is 27.9 Å². The molecule has 2 N–H and O–H groups in total. The fraction of sp³-hybridized carbons (Fsp3) is 0.143. The lowest BCUT2D eigenvalue weighted by Crippen LogP contribution is -2.35. The average Bonchev–Trinajstić information content (AvgIpc) is 3.00. The molecular weight excluding hydrogens is 459 g/mol. The van der Waals surface area contributed by atoms with Crippen molar-refractivity contribution in [2.75, 3.05) is 11.0 Å². The van der Waals surface area contributed by atoms with E-state index in [1.807, 2.05) is 0 Å². The second kappa shape index (κ2) is 7.27. The van der Waals surface area contributed by atoms with Gasteiger partial charge in [0.05, 0.1) is 11.9 Å². The van der Waals surface area contributed by atoms with Gasteiger partial charge in [-0.3, -0.25) is 9.52 Å². The van der Waals surface area contributed by atoms with Crippen LogP contribution in [0.3, 0.4) is 0 Å². The van der Waals surface area contributed by atoms with Crippen molar-refractivity contribution in [1.29, 1.82) is 0 Å². The number of alkyl halides is 3. The quantitative estimate of drug-likeness (QED) is 0.566. The second-order valence-electron chi connectivity index (χ2n) is 5.61. The number of halogens is 4. The van der Waals surface area contributed by atoms with Crippen molar-refractivity contribution in [3.63, 3.8) is 0 Å². The lowest BCUT2D eigenvalue weighted by Gasteiger charge is -2.07. The maximum atomic E-state index is 12.7. The standard InChI is InChI=1S/C14H9ClF3N5O4S2/c1-29(26,27)22-10-3-6(2-9(15)21-10)7-5-28-13(19-7)23-11(24)4-8(14(16,17)18)20-12(23)25/h2-5H,1H3,(H,20,25)(H,21,22). The Kier molecular flexibility index (Phi) is 5.27. The van der Waals surface area contributed by atoms with Gasteiger partial charge in [-0.05, 0) is 12.1 Å². The molecule has 3 heterocycles. The highest BCUT2D eigenvalue weighted by molar-refractivity contribution is 7.92. The Bertz CT molecular complexity index is 1280. The summed E-state index contributed by atoms with van der Waals surface area (Å²) < 4.78 is 63.4. The lowest BCUT2D eigenvalue weighted by atomic mass is 10.2. The Morgan fingerprint density at radius 1 is 1.21 bits per heavy atom. The molecule has 29 heavy (non-hydrogen) atoms. The maximum Gasteiger partial charge on any atom is 0.431 e. The minimum atomic E-state index is -4.89. The SMILES string of the molecule is CS(=O)(=O)Nc1cc(-c2csc(-n3c(=O)cc(C(F)(F)F)[nH]c3=O)n2)cc(Cl)n1. The van der Waals surface area contributed by atoms with Gasteiger partial charge in [0.1, 0.15) is 16.7 Å². The number of hydrogen-bond acceptors (Lipinski definition) is 7. The van der Waals surface area contributed by atoms with Gasteiger partial charge in [0, 0.05) is 17.0 Å². The van der Waals surface area contributed by atoms with Crippen LogP contribution in [0.1, 0.15) is 5.69 Å². The third-order valence-electron chi connectivity index (χ3n) is 3.30. The van der Waals surface area contributed by atoms with Crippen molar-refractivity contribution >= 4 is 38.8 Å². The number of pyridine rings is 1. The van der Waals surface area contributed by atoms with E-state index in [1.165, 1.54) is 17.5 Å². The van der Waals surface area contributed by atoms with Crippen LogP contribution in [-0.2, 0) is 16.2 Å². The molecule has 0 aromatic carbocycles. The highest BCUT2D eigenvalue weighted by atomic mass is 35.5. The third kappa shape index (κ3) is 4.83. The normalized spacial score (nSPS) is 12.2. The summed E-state index contributed by atoms with van der Waals surface area (Å²) in [6.45, 7) is 0. The summed E-state index contributed by atoms with van der Waals surface area (Å²) >= 11 is 6.69. The second-order valence-corrected chi connectivity index (χ2v) is 8.59. The zero-order valence-electron chi connectivity index (χ0n) is 14.1. The van der Waals surface area contributed by atoms with Gasteiger partial charge >= 0.3 is 11.9 Å². The van der Waals surface area contributed by atoms with Crippen molar-refractivity contribution in [3.8, 4) is 16.4 Å². The summed E-state index contributed by atoms with van der Waals surface area (Å²) in [6.07, 6.45) is -3.97.